The van der Waals surface area contributed by atoms with E-state index in [1.807, 2.05) is 18.8 Å². The number of anilines is 2. The minimum atomic E-state index is 0.397. The summed E-state index contributed by atoms with van der Waals surface area (Å²) in [5.74, 6) is 2.27. The van der Waals surface area contributed by atoms with Crippen molar-refractivity contribution in [3.8, 4) is 0 Å². The van der Waals surface area contributed by atoms with Crippen LogP contribution in [0.25, 0.3) is 0 Å². The summed E-state index contributed by atoms with van der Waals surface area (Å²) in [5, 5.41) is 7.23. The third-order valence-corrected chi connectivity index (χ3v) is 3.98. The SMILES string of the molecule is CNc1ncnc(NCCC(C)SC)c1C(C)C. The number of nitrogens with zero attached hydrogens (tertiary/aromatic N) is 2. The van der Waals surface area contributed by atoms with Crippen molar-refractivity contribution in [2.75, 3.05) is 30.5 Å². The smallest absolute Gasteiger partial charge is 0.134 e. The van der Waals surface area contributed by atoms with Crippen molar-refractivity contribution in [3.63, 3.8) is 0 Å². The predicted octanol–water partition coefficient (Wildman–Crippen LogP) is 3.20. The molecule has 0 saturated heterocycles. The molecule has 0 aliphatic heterocycles. The van der Waals surface area contributed by atoms with E-state index >= 15 is 0 Å². The molecule has 18 heavy (non-hydrogen) atoms. The molecule has 1 aromatic rings. The molecule has 4 nitrogen and oxygen atoms in total. The van der Waals surface area contributed by atoms with E-state index in [4.69, 9.17) is 0 Å². The number of aromatic nitrogens is 2. The van der Waals surface area contributed by atoms with E-state index in [0.717, 1.165) is 30.2 Å². The van der Waals surface area contributed by atoms with E-state index < -0.39 is 0 Å². The van der Waals surface area contributed by atoms with Crippen LogP contribution in [0, 0.1) is 0 Å². The molecule has 1 heterocycles. The minimum Gasteiger partial charge on any atom is -0.373 e. The van der Waals surface area contributed by atoms with Crippen LogP contribution in [0.3, 0.4) is 0 Å². The van der Waals surface area contributed by atoms with Crippen molar-refractivity contribution in [1.29, 1.82) is 0 Å². The zero-order chi connectivity index (χ0) is 13.5. The van der Waals surface area contributed by atoms with Gasteiger partial charge in [0.2, 0.25) is 0 Å². The molecule has 0 aromatic carbocycles. The molecule has 1 aromatic heterocycles. The van der Waals surface area contributed by atoms with Gasteiger partial charge in [-0.3, -0.25) is 0 Å². The van der Waals surface area contributed by atoms with Gasteiger partial charge < -0.3 is 10.6 Å². The van der Waals surface area contributed by atoms with Gasteiger partial charge >= 0.3 is 0 Å². The number of nitrogens with one attached hydrogen (secondary N) is 2. The zero-order valence-electron chi connectivity index (χ0n) is 11.9. The third kappa shape index (κ3) is 4.05. The van der Waals surface area contributed by atoms with Gasteiger partial charge in [0.05, 0.1) is 0 Å². The standard InChI is InChI=1S/C13H24N4S/c1-9(2)11-12(14-4)16-8-17-13(11)15-7-6-10(3)18-5/h8-10H,6-7H2,1-5H3,(H2,14,15,16,17). The van der Waals surface area contributed by atoms with Crippen molar-refractivity contribution in [3.05, 3.63) is 11.9 Å². The summed E-state index contributed by atoms with van der Waals surface area (Å²) < 4.78 is 0. The summed E-state index contributed by atoms with van der Waals surface area (Å²) in [4.78, 5) is 8.63. The molecule has 1 unspecified atom stereocenters. The van der Waals surface area contributed by atoms with Gasteiger partial charge in [-0.15, -0.1) is 0 Å². The summed E-state index contributed by atoms with van der Waals surface area (Å²) in [7, 11) is 1.90. The molecular formula is C13H24N4S. The first-order valence-corrected chi connectivity index (χ1v) is 7.68. The maximum absolute atomic E-state index is 4.36. The molecule has 2 N–H and O–H groups in total. The van der Waals surface area contributed by atoms with Crippen molar-refractivity contribution in [2.45, 2.75) is 38.4 Å². The fourth-order valence-corrected chi connectivity index (χ4v) is 2.15. The lowest BCUT2D eigenvalue weighted by Crippen LogP contribution is -2.13. The van der Waals surface area contributed by atoms with Crippen molar-refractivity contribution in [2.24, 2.45) is 0 Å². The average molecular weight is 268 g/mol. The van der Waals surface area contributed by atoms with E-state index in [1.54, 1.807) is 6.33 Å². The Kier molecular flexibility index (Phi) is 6.25. The van der Waals surface area contributed by atoms with Gasteiger partial charge in [0.1, 0.15) is 18.0 Å². The van der Waals surface area contributed by atoms with Crippen LogP contribution in [0.5, 0.6) is 0 Å². The Morgan fingerprint density at radius 3 is 2.44 bits per heavy atom. The molecule has 1 rings (SSSR count). The molecule has 0 amide bonds. The molecular weight excluding hydrogens is 244 g/mol. The highest BCUT2D eigenvalue weighted by Crippen LogP contribution is 2.27. The van der Waals surface area contributed by atoms with Crippen LogP contribution >= 0.6 is 11.8 Å². The Balaban J connectivity index is 2.75. The fourth-order valence-electron chi connectivity index (χ4n) is 1.79. The quantitative estimate of drug-likeness (QED) is 0.795. The molecule has 0 spiro atoms. The summed E-state index contributed by atoms with van der Waals surface area (Å²) in [6, 6.07) is 0. The third-order valence-electron chi connectivity index (χ3n) is 2.94. The molecule has 5 heteroatoms. The van der Waals surface area contributed by atoms with Crippen LogP contribution in [0.1, 0.15) is 38.7 Å². The fraction of sp³-hybridized carbons (Fsp3) is 0.692. The summed E-state index contributed by atoms with van der Waals surface area (Å²) in [6.45, 7) is 7.51. The normalized spacial score (nSPS) is 12.6. The Morgan fingerprint density at radius 2 is 1.89 bits per heavy atom. The van der Waals surface area contributed by atoms with Gasteiger partial charge in [-0.05, 0) is 18.6 Å². The monoisotopic (exact) mass is 268 g/mol. The number of thioether (sulfide) groups is 1. The van der Waals surface area contributed by atoms with Gasteiger partial charge in [0, 0.05) is 24.4 Å². The second-order valence-corrected chi connectivity index (χ2v) is 5.93. The van der Waals surface area contributed by atoms with Gasteiger partial charge in [-0.25, -0.2) is 9.97 Å². The predicted molar refractivity (Wildman–Crippen MR) is 81.8 cm³/mol. The highest BCUT2D eigenvalue weighted by atomic mass is 32.2. The highest BCUT2D eigenvalue weighted by molar-refractivity contribution is 7.99. The van der Waals surface area contributed by atoms with Gasteiger partial charge in [-0.2, -0.15) is 11.8 Å². The molecule has 102 valence electrons. The van der Waals surface area contributed by atoms with Gasteiger partial charge in [0.25, 0.3) is 0 Å². The first-order chi connectivity index (χ1) is 8.60. The Morgan fingerprint density at radius 1 is 1.22 bits per heavy atom. The molecule has 1 atom stereocenters. The molecule has 0 radical (unpaired) electrons. The zero-order valence-corrected chi connectivity index (χ0v) is 12.8. The maximum Gasteiger partial charge on any atom is 0.134 e. The summed E-state index contributed by atoms with van der Waals surface area (Å²) in [6.07, 6.45) is 4.89. The Hall–Kier alpha value is -0.970. The van der Waals surface area contributed by atoms with Crippen LogP contribution in [-0.2, 0) is 0 Å². The van der Waals surface area contributed by atoms with Crippen molar-refractivity contribution in [1.82, 2.24) is 9.97 Å². The van der Waals surface area contributed by atoms with Gasteiger partial charge in [0.15, 0.2) is 0 Å². The molecule has 0 saturated carbocycles. The van der Waals surface area contributed by atoms with E-state index in [-0.39, 0.29) is 0 Å². The number of rotatable bonds is 7. The number of hydrogen-bond acceptors (Lipinski definition) is 5. The maximum atomic E-state index is 4.36. The van der Waals surface area contributed by atoms with Crippen LogP contribution in [0.2, 0.25) is 0 Å². The molecule has 0 aliphatic carbocycles. The molecule has 0 aliphatic rings. The highest BCUT2D eigenvalue weighted by Gasteiger charge is 2.13. The van der Waals surface area contributed by atoms with Gasteiger partial charge in [-0.1, -0.05) is 20.8 Å². The lowest BCUT2D eigenvalue weighted by Gasteiger charge is -2.17. The Labute approximate surface area is 114 Å². The Bertz CT molecular complexity index is 368. The summed E-state index contributed by atoms with van der Waals surface area (Å²) >= 11 is 1.89. The second kappa shape index (κ2) is 7.46. The van der Waals surface area contributed by atoms with E-state index in [9.17, 15) is 0 Å². The van der Waals surface area contributed by atoms with E-state index in [1.165, 1.54) is 0 Å². The van der Waals surface area contributed by atoms with Crippen molar-refractivity contribution < 1.29 is 0 Å². The average Bonchev–Trinajstić information content (AvgIpc) is 2.37. The van der Waals surface area contributed by atoms with E-state index in [0.29, 0.717) is 11.2 Å². The second-order valence-electron chi connectivity index (χ2n) is 4.65. The lowest BCUT2D eigenvalue weighted by molar-refractivity contribution is 0.823. The summed E-state index contributed by atoms with van der Waals surface area (Å²) in [5.41, 5.74) is 1.16. The van der Waals surface area contributed by atoms with Crippen LogP contribution in [0.15, 0.2) is 6.33 Å². The van der Waals surface area contributed by atoms with Crippen molar-refractivity contribution >= 4 is 23.4 Å². The van der Waals surface area contributed by atoms with Crippen LogP contribution < -0.4 is 10.6 Å². The van der Waals surface area contributed by atoms with Crippen LogP contribution in [-0.4, -0.2) is 35.1 Å². The molecule has 0 bridgehead atoms. The first-order valence-electron chi connectivity index (χ1n) is 6.39. The number of hydrogen-bond donors (Lipinski definition) is 2. The minimum absolute atomic E-state index is 0.397. The van der Waals surface area contributed by atoms with Crippen LogP contribution in [0.4, 0.5) is 11.6 Å². The van der Waals surface area contributed by atoms with E-state index in [2.05, 4.69) is 47.6 Å². The first kappa shape index (κ1) is 15.1. The topological polar surface area (TPSA) is 49.8 Å². The largest absolute Gasteiger partial charge is 0.373 e. The lowest BCUT2D eigenvalue weighted by atomic mass is 10.0. The molecule has 0 fully saturated rings.